The van der Waals surface area contributed by atoms with Crippen LogP contribution in [0.5, 0.6) is 0 Å². The highest BCUT2D eigenvalue weighted by atomic mass is 16.5. The number of esters is 1. The molecule has 3 heteroatoms. The third kappa shape index (κ3) is 2.17. The van der Waals surface area contributed by atoms with Gasteiger partial charge in [-0.25, -0.2) is 0 Å². The number of methoxy groups -OCH3 is 1. The molecule has 2 rings (SSSR count). The first-order valence-electron chi connectivity index (χ1n) is 6.00. The fourth-order valence-corrected chi connectivity index (χ4v) is 2.87. The SMILES string of the molecule is COC(=O)C1CCN(C)C(C2CCC2)C1. The van der Waals surface area contributed by atoms with Crippen molar-refractivity contribution in [3.8, 4) is 0 Å². The molecular formula is C12H21NO2. The molecule has 0 spiro atoms. The molecule has 1 aliphatic carbocycles. The number of hydrogen-bond acceptors (Lipinski definition) is 3. The summed E-state index contributed by atoms with van der Waals surface area (Å²) < 4.78 is 4.85. The molecule has 0 bridgehead atoms. The number of rotatable bonds is 2. The van der Waals surface area contributed by atoms with Crippen molar-refractivity contribution in [2.24, 2.45) is 11.8 Å². The van der Waals surface area contributed by atoms with Gasteiger partial charge in [-0.1, -0.05) is 6.42 Å². The van der Waals surface area contributed by atoms with Crippen LogP contribution in [0.3, 0.4) is 0 Å². The van der Waals surface area contributed by atoms with Gasteiger partial charge in [0, 0.05) is 6.04 Å². The molecule has 0 aromatic rings. The lowest BCUT2D eigenvalue weighted by Gasteiger charge is -2.44. The summed E-state index contributed by atoms with van der Waals surface area (Å²) in [6.07, 6.45) is 6.05. The van der Waals surface area contributed by atoms with Gasteiger partial charge in [0.1, 0.15) is 0 Å². The molecule has 0 amide bonds. The Morgan fingerprint density at radius 1 is 1.33 bits per heavy atom. The van der Waals surface area contributed by atoms with Crippen LogP contribution in [0.15, 0.2) is 0 Å². The van der Waals surface area contributed by atoms with E-state index < -0.39 is 0 Å². The second kappa shape index (κ2) is 4.52. The molecule has 2 atom stereocenters. The summed E-state index contributed by atoms with van der Waals surface area (Å²) in [5, 5.41) is 0. The minimum atomic E-state index is -0.00702. The van der Waals surface area contributed by atoms with E-state index in [2.05, 4.69) is 11.9 Å². The first kappa shape index (κ1) is 10.9. The topological polar surface area (TPSA) is 29.5 Å². The zero-order valence-electron chi connectivity index (χ0n) is 9.74. The molecule has 0 aromatic carbocycles. The van der Waals surface area contributed by atoms with Gasteiger partial charge in [0.05, 0.1) is 13.0 Å². The van der Waals surface area contributed by atoms with Crippen molar-refractivity contribution in [2.75, 3.05) is 20.7 Å². The Morgan fingerprint density at radius 3 is 2.60 bits per heavy atom. The van der Waals surface area contributed by atoms with Crippen molar-refractivity contribution in [3.63, 3.8) is 0 Å². The zero-order chi connectivity index (χ0) is 10.8. The molecule has 86 valence electrons. The van der Waals surface area contributed by atoms with Crippen LogP contribution in [0.1, 0.15) is 32.1 Å². The molecule has 0 N–H and O–H groups in total. The van der Waals surface area contributed by atoms with Crippen molar-refractivity contribution < 1.29 is 9.53 Å². The number of nitrogens with zero attached hydrogens (tertiary/aromatic N) is 1. The molecule has 0 aromatic heterocycles. The molecule has 3 nitrogen and oxygen atoms in total. The van der Waals surface area contributed by atoms with Crippen LogP contribution >= 0.6 is 0 Å². The fourth-order valence-electron chi connectivity index (χ4n) is 2.87. The smallest absolute Gasteiger partial charge is 0.308 e. The summed E-state index contributed by atoms with van der Waals surface area (Å²) >= 11 is 0. The Kier molecular flexibility index (Phi) is 3.29. The lowest BCUT2D eigenvalue weighted by Crippen LogP contribution is -2.47. The Labute approximate surface area is 91.8 Å². The van der Waals surface area contributed by atoms with Gasteiger partial charge >= 0.3 is 5.97 Å². The summed E-state index contributed by atoms with van der Waals surface area (Å²) in [6.45, 7) is 1.04. The van der Waals surface area contributed by atoms with Gasteiger partial charge in [0.2, 0.25) is 0 Å². The molecule has 2 unspecified atom stereocenters. The van der Waals surface area contributed by atoms with Crippen LogP contribution < -0.4 is 0 Å². The highest BCUT2D eigenvalue weighted by molar-refractivity contribution is 5.72. The summed E-state index contributed by atoms with van der Waals surface area (Å²) in [5.74, 6) is 0.978. The Balaban J connectivity index is 1.94. The van der Waals surface area contributed by atoms with E-state index in [4.69, 9.17) is 4.74 Å². The summed E-state index contributed by atoms with van der Waals surface area (Å²) in [6, 6.07) is 0.622. The van der Waals surface area contributed by atoms with Crippen LogP contribution in [-0.2, 0) is 9.53 Å². The number of likely N-dealkylation sites (tertiary alicyclic amines) is 1. The van der Waals surface area contributed by atoms with Gasteiger partial charge < -0.3 is 9.64 Å². The highest BCUT2D eigenvalue weighted by Gasteiger charge is 2.37. The van der Waals surface area contributed by atoms with Crippen LogP contribution in [0, 0.1) is 11.8 Å². The van der Waals surface area contributed by atoms with Gasteiger partial charge in [0.15, 0.2) is 0 Å². The van der Waals surface area contributed by atoms with Crippen molar-refractivity contribution in [3.05, 3.63) is 0 Å². The number of ether oxygens (including phenoxy) is 1. The largest absolute Gasteiger partial charge is 0.469 e. The minimum absolute atomic E-state index is 0.00702. The van der Waals surface area contributed by atoms with E-state index in [-0.39, 0.29) is 11.9 Å². The molecule has 1 saturated carbocycles. The summed E-state index contributed by atoms with van der Waals surface area (Å²) in [5.41, 5.74) is 0. The van der Waals surface area contributed by atoms with Crippen LogP contribution in [-0.4, -0.2) is 37.6 Å². The molecule has 1 saturated heterocycles. The normalized spacial score (nSPS) is 33.5. The van der Waals surface area contributed by atoms with Crippen molar-refractivity contribution in [2.45, 2.75) is 38.1 Å². The summed E-state index contributed by atoms with van der Waals surface area (Å²) in [7, 11) is 3.69. The summed E-state index contributed by atoms with van der Waals surface area (Å²) in [4.78, 5) is 13.9. The third-order valence-corrected chi connectivity index (χ3v) is 4.15. The van der Waals surface area contributed by atoms with Crippen molar-refractivity contribution >= 4 is 5.97 Å². The maximum atomic E-state index is 11.5. The van der Waals surface area contributed by atoms with Gasteiger partial charge in [-0.3, -0.25) is 4.79 Å². The van der Waals surface area contributed by atoms with E-state index in [1.165, 1.54) is 26.4 Å². The van der Waals surface area contributed by atoms with E-state index in [1.807, 2.05) is 0 Å². The van der Waals surface area contributed by atoms with Crippen LogP contribution in [0.25, 0.3) is 0 Å². The maximum Gasteiger partial charge on any atom is 0.308 e. The quantitative estimate of drug-likeness (QED) is 0.651. The first-order chi connectivity index (χ1) is 7.22. The molecule has 1 aliphatic heterocycles. The molecule has 1 heterocycles. The van der Waals surface area contributed by atoms with Crippen molar-refractivity contribution in [1.29, 1.82) is 0 Å². The lowest BCUT2D eigenvalue weighted by atomic mass is 9.74. The van der Waals surface area contributed by atoms with E-state index in [0.717, 1.165) is 25.3 Å². The highest BCUT2D eigenvalue weighted by Crippen LogP contribution is 2.37. The molecular weight excluding hydrogens is 190 g/mol. The van der Waals surface area contributed by atoms with E-state index in [1.54, 1.807) is 0 Å². The molecule has 2 fully saturated rings. The van der Waals surface area contributed by atoms with Gasteiger partial charge in [-0.05, 0) is 45.2 Å². The maximum absolute atomic E-state index is 11.5. The number of piperidine rings is 1. The van der Waals surface area contributed by atoms with Gasteiger partial charge in [-0.15, -0.1) is 0 Å². The monoisotopic (exact) mass is 211 g/mol. The third-order valence-electron chi connectivity index (χ3n) is 4.15. The zero-order valence-corrected chi connectivity index (χ0v) is 9.74. The second-order valence-corrected chi connectivity index (χ2v) is 4.98. The standard InChI is InChI=1S/C12H21NO2/c1-13-7-6-10(12(14)15-2)8-11(13)9-4-3-5-9/h9-11H,3-8H2,1-2H3. The predicted molar refractivity (Wildman–Crippen MR) is 58.5 cm³/mol. The lowest BCUT2D eigenvalue weighted by molar-refractivity contribution is -0.148. The first-order valence-corrected chi connectivity index (χ1v) is 6.00. The molecule has 2 aliphatic rings. The Bertz CT molecular complexity index is 236. The molecule has 15 heavy (non-hydrogen) atoms. The van der Waals surface area contributed by atoms with Gasteiger partial charge in [0.25, 0.3) is 0 Å². The number of carbonyl (C=O) groups excluding carboxylic acids is 1. The average Bonchev–Trinajstić information content (AvgIpc) is 2.17. The van der Waals surface area contributed by atoms with Crippen LogP contribution in [0.4, 0.5) is 0 Å². The second-order valence-electron chi connectivity index (χ2n) is 4.98. The van der Waals surface area contributed by atoms with E-state index in [9.17, 15) is 4.79 Å². The minimum Gasteiger partial charge on any atom is -0.469 e. The molecule has 0 radical (unpaired) electrons. The number of hydrogen-bond donors (Lipinski definition) is 0. The predicted octanol–water partition coefficient (Wildman–Crippen LogP) is 1.67. The van der Waals surface area contributed by atoms with Crippen molar-refractivity contribution in [1.82, 2.24) is 4.90 Å². The fraction of sp³-hybridized carbons (Fsp3) is 0.917. The van der Waals surface area contributed by atoms with Gasteiger partial charge in [-0.2, -0.15) is 0 Å². The Hall–Kier alpha value is -0.570. The average molecular weight is 211 g/mol. The Morgan fingerprint density at radius 2 is 2.07 bits per heavy atom. The number of carbonyl (C=O) groups is 1. The van der Waals surface area contributed by atoms with E-state index in [0.29, 0.717) is 6.04 Å². The van der Waals surface area contributed by atoms with Crippen LogP contribution in [0.2, 0.25) is 0 Å². The van der Waals surface area contributed by atoms with E-state index >= 15 is 0 Å².